The van der Waals surface area contributed by atoms with E-state index in [1.54, 1.807) is 12.7 Å². The molecule has 0 unspecified atom stereocenters. The third-order valence-corrected chi connectivity index (χ3v) is 4.61. The van der Waals surface area contributed by atoms with Crippen molar-refractivity contribution >= 4 is 16.9 Å². The highest BCUT2D eigenvalue weighted by Crippen LogP contribution is 2.30. The first-order chi connectivity index (χ1) is 11.2. The summed E-state index contributed by atoms with van der Waals surface area (Å²) >= 11 is 0. The van der Waals surface area contributed by atoms with Gasteiger partial charge in [-0.3, -0.25) is 0 Å². The van der Waals surface area contributed by atoms with Crippen LogP contribution in [0, 0.1) is 12.8 Å². The monoisotopic (exact) mass is 313 g/mol. The van der Waals surface area contributed by atoms with Gasteiger partial charge in [0.1, 0.15) is 29.7 Å². The number of hydrogen-bond donors (Lipinski definition) is 0. The van der Waals surface area contributed by atoms with E-state index in [-0.39, 0.29) is 0 Å². The molecule has 120 valence electrons. The number of anilines is 1. The predicted molar refractivity (Wildman–Crippen MR) is 84.0 cm³/mol. The van der Waals surface area contributed by atoms with Gasteiger partial charge in [0.05, 0.1) is 5.69 Å². The summed E-state index contributed by atoms with van der Waals surface area (Å²) in [6.07, 6.45) is 6.52. The maximum atomic E-state index is 5.24. The maximum absolute atomic E-state index is 5.24. The topological polar surface area (TPSA) is 85.8 Å². The molecule has 0 N–H and O–H groups in total. The van der Waals surface area contributed by atoms with E-state index in [9.17, 15) is 0 Å². The van der Waals surface area contributed by atoms with Crippen LogP contribution in [0.4, 0.5) is 5.82 Å². The van der Waals surface area contributed by atoms with Gasteiger partial charge in [-0.15, -0.1) is 10.2 Å². The molecule has 0 atom stereocenters. The Balaban J connectivity index is 1.49. The summed E-state index contributed by atoms with van der Waals surface area (Å²) in [5.74, 6) is 2.63. The molecule has 4 heterocycles. The molecular weight excluding hydrogens is 294 g/mol. The first kappa shape index (κ1) is 14.1. The second-order valence-electron chi connectivity index (χ2n) is 6.14. The largest absolute Gasteiger partial charge is 0.356 e. The van der Waals surface area contributed by atoms with Gasteiger partial charge in [-0.1, -0.05) is 5.16 Å². The number of hydrogen-bond acceptors (Lipinski definition) is 7. The maximum Gasteiger partial charge on any atom is 0.263 e. The molecule has 0 spiro atoms. The van der Waals surface area contributed by atoms with Crippen LogP contribution in [0.25, 0.3) is 11.1 Å². The molecule has 3 aromatic heterocycles. The van der Waals surface area contributed by atoms with Crippen molar-refractivity contribution in [2.75, 3.05) is 18.0 Å². The first-order valence-electron chi connectivity index (χ1n) is 7.87. The number of rotatable bonds is 3. The molecule has 0 aromatic carbocycles. The Bertz CT molecular complexity index is 816. The molecule has 1 aliphatic heterocycles. The third kappa shape index (κ3) is 2.54. The van der Waals surface area contributed by atoms with Crippen LogP contribution in [0.3, 0.4) is 0 Å². The van der Waals surface area contributed by atoms with Gasteiger partial charge in [-0.25, -0.2) is 4.98 Å². The van der Waals surface area contributed by atoms with Gasteiger partial charge in [0, 0.05) is 26.6 Å². The van der Waals surface area contributed by atoms with Crippen molar-refractivity contribution in [1.29, 1.82) is 0 Å². The van der Waals surface area contributed by atoms with Crippen LogP contribution in [0.2, 0.25) is 0 Å². The summed E-state index contributed by atoms with van der Waals surface area (Å²) < 4.78 is 7.24. The van der Waals surface area contributed by atoms with E-state index in [1.807, 2.05) is 18.5 Å². The molecule has 0 saturated carbocycles. The summed E-state index contributed by atoms with van der Waals surface area (Å²) in [5.41, 5.74) is 1.41. The second-order valence-corrected chi connectivity index (χ2v) is 6.14. The Morgan fingerprint density at radius 3 is 2.83 bits per heavy atom. The van der Waals surface area contributed by atoms with Gasteiger partial charge in [0.25, 0.3) is 5.71 Å². The van der Waals surface area contributed by atoms with E-state index in [2.05, 4.69) is 30.2 Å². The minimum Gasteiger partial charge on any atom is -0.356 e. The average molecular weight is 313 g/mol. The highest BCUT2D eigenvalue weighted by molar-refractivity contribution is 5.87. The Morgan fingerprint density at radius 1 is 1.26 bits per heavy atom. The smallest absolute Gasteiger partial charge is 0.263 e. The standard InChI is InChI=1S/C15H19N7O/c1-10-13-14(16-8-17-15(13)23-20-10)22-5-3-11(4-6-22)7-12-19-18-9-21(12)2/h8-9,11H,3-7H2,1-2H3. The molecule has 23 heavy (non-hydrogen) atoms. The third-order valence-electron chi connectivity index (χ3n) is 4.61. The fourth-order valence-electron chi connectivity index (χ4n) is 3.24. The molecule has 0 bridgehead atoms. The van der Waals surface area contributed by atoms with Gasteiger partial charge < -0.3 is 14.0 Å². The average Bonchev–Trinajstić information content (AvgIpc) is 3.15. The SMILES string of the molecule is Cc1noc2ncnc(N3CCC(Cc4nncn4C)CC3)c12. The van der Waals surface area contributed by atoms with Crippen LogP contribution in [0.1, 0.15) is 24.4 Å². The van der Waals surface area contributed by atoms with Crippen molar-refractivity contribution in [1.82, 2.24) is 29.9 Å². The van der Waals surface area contributed by atoms with Gasteiger partial charge in [0.2, 0.25) is 0 Å². The highest BCUT2D eigenvalue weighted by Gasteiger charge is 2.24. The molecule has 0 aliphatic carbocycles. The minimum atomic E-state index is 0.564. The summed E-state index contributed by atoms with van der Waals surface area (Å²) in [6, 6.07) is 0. The number of nitrogens with zero attached hydrogens (tertiary/aromatic N) is 7. The Labute approximate surface area is 133 Å². The molecule has 3 aromatic rings. The summed E-state index contributed by atoms with van der Waals surface area (Å²) in [4.78, 5) is 10.9. The van der Waals surface area contributed by atoms with Gasteiger partial charge in [-0.05, 0) is 25.7 Å². The number of aromatic nitrogens is 6. The number of fused-ring (bicyclic) bond motifs is 1. The quantitative estimate of drug-likeness (QED) is 0.724. The van der Waals surface area contributed by atoms with Gasteiger partial charge in [0.15, 0.2) is 0 Å². The molecule has 0 amide bonds. The molecule has 0 radical (unpaired) electrons. The highest BCUT2D eigenvalue weighted by atomic mass is 16.5. The van der Waals surface area contributed by atoms with E-state index in [0.717, 1.165) is 55.1 Å². The summed E-state index contributed by atoms with van der Waals surface area (Å²) in [6.45, 7) is 3.87. The fraction of sp³-hybridized carbons (Fsp3) is 0.533. The van der Waals surface area contributed by atoms with E-state index < -0.39 is 0 Å². The Morgan fingerprint density at radius 2 is 2.09 bits per heavy atom. The zero-order chi connectivity index (χ0) is 15.8. The lowest BCUT2D eigenvalue weighted by Gasteiger charge is -2.32. The van der Waals surface area contributed by atoms with Gasteiger partial charge >= 0.3 is 0 Å². The van der Waals surface area contributed by atoms with Crippen LogP contribution >= 0.6 is 0 Å². The zero-order valence-electron chi connectivity index (χ0n) is 13.3. The Hall–Kier alpha value is -2.51. The molecule has 1 fully saturated rings. The van der Waals surface area contributed by atoms with Crippen LogP contribution < -0.4 is 4.90 Å². The molecule has 8 nitrogen and oxygen atoms in total. The summed E-state index contributed by atoms with van der Waals surface area (Å²) in [5, 5.41) is 13.1. The van der Waals surface area contributed by atoms with Crippen molar-refractivity contribution in [2.24, 2.45) is 13.0 Å². The van der Waals surface area contributed by atoms with Crippen molar-refractivity contribution in [2.45, 2.75) is 26.2 Å². The lowest BCUT2D eigenvalue weighted by Crippen LogP contribution is -2.35. The first-order valence-corrected chi connectivity index (χ1v) is 7.87. The molecule has 1 saturated heterocycles. The van der Waals surface area contributed by atoms with E-state index >= 15 is 0 Å². The summed E-state index contributed by atoms with van der Waals surface area (Å²) in [7, 11) is 2.00. The lowest BCUT2D eigenvalue weighted by atomic mass is 9.93. The predicted octanol–water partition coefficient (Wildman–Crippen LogP) is 1.51. The molecule has 1 aliphatic rings. The zero-order valence-corrected chi connectivity index (χ0v) is 13.3. The van der Waals surface area contributed by atoms with E-state index in [1.165, 1.54) is 0 Å². The fourth-order valence-corrected chi connectivity index (χ4v) is 3.24. The minimum absolute atomic E-state index is 0.564. The number of aryl methyl sites for hydroxylation is 2. The van der Waals surface area contributed by atoms with Crippen LogP contribution in [-0.4, -0.2) is 43.0 Å². The normalized spacial score (nSPS) is 16.3. The van der Waals surface area contributed by atoms with Gasteiger partial charge in [-0.2, -0.15) is 4.98 Å². The lowest BCUT2D eigenvalue weighted by molar-refractivity contribution is 0.392. The second kappa shape index (κ2) is 5.60. The van der Waals surface area contributed by atoms with Crippen LogP contribution in [0.5, 0.6) is 0 Å². The van der Waals surface area contributed by atoms with Crippen molar-refractivity contribution in [3.8, 4) is 0 Å². The number of piperidine rings is 1. The molecule has 8 heteroatoms. The van der Waals surface area contributed by atoms with Crippen molar-refractivity contribution in [3.63, 3.8) is 0 Å². The molecule has 4 rings (SSSR count). The molecular formula is C15H19N7O. The van der Waals surface area contributed by atoms with E-state index in [0.29, 0.717) is 11.6 Å². The van der Waals surface area contributed by atoms with Crippen LogP contribution in [0.15, 0.2) is 17.2 Å². The van der Waals surface area contributed by atoms with Crippen LogP contribution in [-0.2, 0) is 13.5 Å². The van der Waals surface area contributed by atoms with Crippen molar-refractivity contribution in [3.05, 3.63) is 24.2 Å². The Kier molecular flexibility index (Phi) is 3.44. The van der Waals surface area contributed by atoms with E-state index in [4.69, 9.17) is 4.52 Å². The van der Waals surface area contributed by atoms with Crippen molar-refractivity contribution < 1.29 is 4.52 Å².